The highest BCUT2D eigenvalue weighted by atomic mass is 16.2. The topological polar surface area (TPSA) is 84.2 Å². The van der Waals surface area contributed by atoms with Gasteiger partial charge in [0.25, 0.3) is 5.91 Å². The fourth-order valence-corrected chi connectivity index (χ4v) is 2.38. The Morgan fingerprint density at radius 1 is 1.29 bits per heavy atom. The van der Waals surface area contributed by atoms with Crippen LogP contribution in [0.5, 0.6) is 0 Å². The monoisotopic (exact) mass is 287 g/mol. The maximum absolute atomic E-state index is 12.1. The summed E-state index contributed by atoms with van der Waals surface area (Å²) in [6, 6.07) is 6.99. The van der Waals surface area contributed by atoms with E-state index >= 15 is 0 Å². The van der Waals surface area contributed by atoms with E-state index in [9.17, 15) is 9.59 Å². The standard InChI is InChI=1S/C16H21N3O2/c17-9-10-18-16(21)13-7-3-4-8-14(13)19-15(20)11-12-5-1-2-6-12/h1,3-5,7-8,12H,2,6,9-11,17H2,(H,18,21)(H,19,20). The number of hydrogen-bond acceptors (Lipinski definition) is 3. The molecule has 0 heterocycles. The van der Waals surface area contributed by atoms with Gasteiger partial charge in [-0.3, -0.25) is 9.59 Å². The number of amides is 2. The third-order valence-corrected chi connectivity index (χ3v) is 3.44. The molecule has 5 nitrogen and oxygen atoms in total. The predicted octanol–water partition coefficient (Wildman–Crippen LogP) is 1.67. The van der Waals surface area contributed by atoms with E-state index in [1.165, 1.54) is 0 Å². The number of hydrogen-bond donors (Lipinski definition) is 3. The van der Waals surface area contributed by atoms with Crippen LogP contribution >= 0.6 is 0 Å². The highest BCUT2D eigenvalue weighted by Gasteiger charge is 2.16. The Bertz CT molecular complexity index is 540. The fraction of sp³-hybridized carbons (Fsp3) is 0.375. The lowest BCUT2D eigenvalue weighted by atomic mass is 10.0. The minimum absolute atomic E-state index is 0.0642. The van der Waals surface area contributed by atoms with E-state index in [2.05, 4.69) is 22.8 Å². The summed E-state index contributed by atoms with van der Waals surface area (Å²) in [4.78, 5) is 24.1. The van der Waals surface area contributed by atoms with Crippen LogP contribution in [0.2, 0.25) is 0 Å². The van der Waals surface area contributed by atoms with Crippen molar-refractivity contribution in [3.8, 4) is 0 Å². The van der Waals surface area contributed by atoms with Crippen molar-refractivity contribution in [3.63, 3.8) is 0 Å². The smallest absolute Gasteiger partial charge is 0.253 e. The van der Waals surface area contributed by atoms with Crippen LogP contribution < -0.4 is 16.4 Å². The molecule has 0 saturated carbocycles. The molecule has 4 N–H and O–H groups in total. The van der Waals surface area contributed by atoms with Gasteiger partial charge in [0.1, 0.15) is 0 Å². The Labute approximate surface area is 124 Å². The number of carbonyl (C=O) groups excluding carboxylic acids is 2. The van der Waals surface area contributed by atoms with Gasteiger partial charge in [-0.2, -0.15) is 0 Å². The molecule has 1 aliphatic rings. The molecule has 1 atom stereocenters. The first-order valence-electron chi connectivity index (χ1n) is 7.24. The maximum Gasteiger partial charge on any atom is 0.253 e. The number of rotatable bonds is 6. The number of carbonyl (C=O) groups is 2. The molecule has 0 spiro atoms. The lowest BCUT2D eigenvalue weighted by molar-refractivity contribution is -0.116. The van der Waals surface area contributed by atoms with Crippen molar-refractivity contribution >= 4 is 17.5 Å². The summed E-state index contributed by atoms with van der Waals surface area (Å²) < 4.78 is 0. The molecule has 112 valence electrons. The molecule has 21 heavy (non-hydrogen) atoms. The molecule has 0 aromatic heterocycles. The van der Waals surface area contributed by atoms with Gasteiger partial charge in [-0.1, -0.05) is 24.3 Å². The predicted molar refractivity (Wildman–Crippen MR) is 82.9 cm³/mol. The van der Waals surface area contributed by atoms with Gasteiger partial charge < -0.3 is 16.4 Å². The fourth-order valence-electron chi connectivity index (χ4n) is 2.38. The van der Waals surface area contributed by atoms with Crippen molar-refractivity contribution in [2.75, 3.05) is 18.4 Å². The third-order valence-electron chi connectivity index (χ3n) is 3.44. The van der Waals surface area contributed by atoms with Crippen LogP contribution in [0, 0.1) is 5.92 Å². The normalized spacial score (nSPS) is 16.7. The summed E-state index contributed by atoms with van der Waals surface area (Å²) in [7, 11) is 0. The zero-order valence-electron chi connectivity index (χ0n) is 12.0. The van der Waals surface area contributed by atoms with E-state index in [4.69, 9.17) is 5.73 Å². The highest BCUT2D eigenvalue weighted by Crippen LogP contribution is 2.22. The summed E-state index contributed by atoms with van der Waals surface area (Å²) in [5, 5.41) is 5.54. The average molecular weight is 287 g/mol. The Morgan fingerprint density at radius 3 is 2.81 bits per heavy atom. The minimum atomic E-state index is -0.225. The molecule has 0 aliphatic heterocycles. The lowest BCUT2D eigenvalue weighted by Gasteiger charge is -2.12. The van der Waals surface area contributed by atoms with E-state index in [1.54, 1.807) is 24.3 Å². The summed E-state index contributed by atoms with van der Waals surface area (Å²) in [5.41, 5.74) is 6.37. The number of benzene rings is 1. The van der Waals surface area contributed by atoms with E-state index in [0.717, 1.165) is 12.8 Å². The molecular weight excluding hydrogens is 266 g/mol. The average Bonchev–Trinajstić information content (AvgIpc) is 2.98. The van der Waals surface area contributed by atoms with Crippen molar-refractivity contribution in [2.24, 2.45) is 11.7 Å². The summed E-state index contributed by atoms with van der Waals surface area (Å²) >= 11 is 0. The van der Waals surface area contributed by atoms with Crippen molar-refractivity contribution in [2.45, 2.75) is 19.3 Å². The molecule has 0 fully saturated rings. The van der Waals surface area contributed by atoms with Crippen LogP contribution in [-0.2, 0) is 4.79 Å². The molecule has 1 unspecified atom stereocenters. The van der Waals surface area contributed by atoms with Crippen LogP contribution in [0.1, 0.15) is 29.6 Å². The van der Waals surface area contributed by atoms with Gasteiger partial charge in [0.05, 0.1) is 11.3 Å². The van der Waals surface area contributed by atoms with Crippen LogP contribution in [0.4, 0.5) is 5.69 Å². The number of nitrogens with two attached hydrogens (primary N) is 1. The van der Waals surface area contributed by atoms with Crippen molar-refractivity contribution < 1.29 is 9.59 Å². The van der Waals surface area contributed by atoms with Gasteiger partial charge in [-0.25, -0.2) is 0 Å². The highest BCUT2D eigenvalue weighted by molar-refractivity contribution is 6.03. The number of para-hydroxylation sites is 1. The van der Waals surface area contributed by atoms with Gasteiger partial charge in [-0.05, 0) is 30.9 Å². The second kappa shape index (κ2) is 7.59. The number of nitrogens with one attached hydrogen (secondary N) is 2. The largest absolute Gasteiger partial charge is 0.351 e. The molecule has 2 rings (SSSR count). The van der Waals surface area contributed by atoms with Crippen LogP contribution in [0.15, 0.2) is 36.4 Å². The van der Waals surface area contributed by atoms with Gasteiger partial charge in [0, 0.05) is 19.5 Å². The van der Waals surface area contributed by atoms with Crippen molar-refractivity contribution in [3.05, 3.63) is 42.0 Å². The van der Waals surface area contributed by atoms with Gasteiger partial charge in [-0.15, -0.1) is 0 Å². The molecule has 0 bridgehead atoms. The minimum Gasteiger partial charge on any atom is -0.351 e. The van der Waals surface area contributed by atoms with E-state index in [0.29, 0.717) is 36.7 Å². The second-order valence-corrected chi connectivity index (χ2v) is 5.11. The Balaban J connectivity index is 2.00. The molecule has 5 heteroatoms. The van der Waals surface area contributed by atoms with Crippen molar-refractivity contribution in [1.29, 1.82) is 0 Å². The number of anilines is 1. The first-order chi connectivity index (χ1) is 10.2. The van der Waals surface area contributed by atoms with Gasteiger partial charge in [0.15, 0.2) is 0 Å². The Hall–Kier alpha value is -2.14. The second-order valence-electron chi connectivity index (χ2n) is 5.11. The molecule has 1 aromatic rings. The molecule has 1 aliphatic carbocycles. The first-order valence-corrected chi connectivity index (χ1v) is 7.24. The van der Waals surface area contributed by atoms with Crippen LogP contribution in [0.25, 0.3) is 0 Å². The van der Waals surface area contributed by atoms with Gasteiger partial charge in [0.2, 0.25) is 5.91 Å². The van der Waals surface area contributed by atoms with Gasteiger partial charge >= 0.3 is 0 Å². The summed E-state index contributed by atoms with van der Waals surface area (Å²) in [6.45, 7) is 0.794. The molecule has 2 amide bonds. The Kier molecular flexibility index (Phi) is 5.51. The van der Waals surface area contributed by atoms with E-state index in [-0.39, 0.29) is 11.8 Å². The molecular formula is C16H21N3O2. The quantitative estimate of drug-likeness (QED) is 0.696. The van der Waals surface area contributed by atoms with Crippen LogP contribution in [0.3, 0.4) is 0 Å². The first kappa shape index (κ1) is 15.3. The van der Waals surface area contributed by atoms with Crippen LogP contribution in [-0.4, -0.2) is 24.9 Å². The summed E-state index contributed by atoms with van der Waals surface area (Å²) in [6.07, 6.45) is 6.70. The SMILES string of the molecule is NCCNC(=O)c1ccccc1NC(=O)CC1C=CCC1. The summed E-state index contributed by atoms with van der Waals surface area (Å²) in [5.74, 6) is 0.0194. The third kappa shape index (κ3) is 4.43. The molecule has 0 saturated heterocycles. The lowest BCUT2D eigenvalue weighted by Crippen LogP contribution is -2.30. The Morgan fingerprint density at radius 2 is 2.10 bits per heavy atom. The van der Waals surface area contributed by atoms with E-state index < -0.39 is 0 Å². The van der Waals surface area contributed by atoms with Crippen molar-refractivity contribution in [1.82, 2.24) is 5.32 Å². The zero-order valence-corrected chi connectivity index (χ0v) is 12.0. The zero-order chi connectivity index (χ0) is 15.1. The van der Waals surface area contributed by atoms with E-state index in [1.807, 2.05) is 0 Å². The number of allylic oxidation sites excluding steroid dienone is 2. The molecule has 1 aromatic carbocycles. The molecule has 0 radical (unpaired) electrons. The maximum atomic E-state index is 12.1.